The molecule has 2 aliphatic carbocycles. The second-order valence-electron chi connectivity index (χ2n) is 13.7. The van der Waals surface area contributed by atoms with Gasteiger partial charge >= 0.3 is 12.1 Å². The van der Waals surface area contributed by atoms with Crippen molar-refractivity contribution in [1.29, 1.82) is 0 Å². The van der Waals surface area contributed by atoms with E-state index in [9.17, 15) is 45.6 Å². The van der Waals surface area contributed by atoms with Crippen LogP contribution < -0.4 is 20.1 Å². The molecule has 0 radical (unpaired) electrons. The second-order valence-corrected chi connectivity index (χ2v) is 16.8. The minimum Gasteiger partial charge on any atom is -0.273 e. The smallest absolute Gasteiger partial charge is 0.273 e. The monoisotopic (exact) mass is 792 g/mol. The number of primary sulfonamides is 2. The first kappa shape index (κ1) is 39.4. The summed E-state index contributed by atoms with van der Waals surface area (Å²) in [6.45, 7) is 0. The molecule has 55 heavy (non-hydrogen) atoms. The van der Waals surface area contributed by atoms with E-state index in [1.54, 1.807) is 0 Å². The molecule has 8 amide bonds. The van der Waals surface area contributed by atoms with Crippen molar-refractivity contribution in [1.82, 2.24) is 9.80 Å². The van der Waals surface area contributed by atoms with Crippen LogP contribution >= 0.6 is 0 Å². The third-order valence-corrected chi connectivity index (χ3v) is 12.1. The van der Waals surface area contributed by atoms with Gasteiger partial charge in [0.15, 0.2) is 0 Å². The molecule has 290 valence electrons. The first-order chi connectivity index (χ1) is 26.1. The van der Waals surface area contributed by atoms with Crippen LogP contribution in [0, 0.1) is 5.92 Å². The van der Waals surface area contributed by atoms with Crippen molar-refractivity contribution in [3.8, 4) is 0 Å². The molecule has 4 fully saturated rings. The number of imide groups is 4. The average molecular weight is 793 g/mol. The zero-order valence-electron chi connectivity index (χ0n) is 29.7. The number of nitrogens with two attached hydrogens (primary N) is 2. The van der Waals surface area contributed by atoms with Crippen LogP contribution in [0.3, 0.4) is 0 Å². The largest absolute Gasteiger partial charge is 0.338 e. The average Bonchev–Trinajstić information content (AvgIpc) is 3.14. The summed E-state index contributed by atoms with van der Waals surface area (Å²) in [7, 11) is -8.80. The molecule has 2 aromatic rings. The van der Waals surface area contributed by atoms with Crippen LogP contribution in [0.15, 0.2) is 94.3 Å². The van der Waals surface area contributed by atoms with Gasteiger partial charge in [0.05, 0.1) is 11.4 Å². The Bertz CT molecular complexity index is 2260. The lowest BCUT2D eigenvalue weighted by Crippen LogP contribution is -2.62. The number of para-hydroxylation sites is 2. The molecule has 0 bridgehead atoms. The lowest BCUT2D eigenvalue weighted by atomic mass is 9.91. The summed E-state index contributed by atoms with van der Waals surface area (Å²) in [5.41, 5.74) is -1.07. The molecule has 2 saturated carbocycles. The van der Waals surface area contributed by atoms with Gasteiger partial charge in [0.1, 0.15) is 21.3 Å². The Hall–Kier alpha value is -5.30. The van der Waals surface area contributed by atoms with Crippen LogP contribution in [-0.4, -0.2) is 74.4 Å². The van der Waals surface area contributed by atoms with Gasteiger partial charge in [0, 0.05) is 12.1 Å². The van der Waals surface area contributed by atoms with E-state index < -0.39 is 89.1 Å². The van der Waals surface area contributed by atoms with Gasteiger partial charge in [0.25, 0.3) is 17.7 Å². The molecule has 4 aliphatic rings. The molecule has 1 atom stereocenters. The summed E-state index contributed by atoms with van der Waals surface area (Å²) in [5.74, 6) is -5.33. The molecule has 16 nitrogen and oxygen atoms in total. The van der Waals surface area contributed by atoms with E-state index in [-0.39, 0.29) is 11.4 Å². The maximum absolute atomic E-state index is 13.9. The van der Waals surface area contributed by atoms with Gasteiger partial charge in [-0.05, 0) is 56.0 Å². The molecule has 0 spiro atoms. The third-order valence-electron chi connectivity index (χ3n) is 10.2. The fraction of sp³-hybridized carbons (Fsp3) is 0.351. The van der Waals surface area contributed by atoms with Crippen LogP contribution in [0.1, 0.15) is 64.2 Å². The zero-order valence-corrected chi connectivity index (χ0v) is 31.3. The Balaban J connectivity index is 1.35. The number of hydrogen-bond donors (Lipinski definition) is 2. The van der Waals surface area contributed by atoms with Crippen LogP contribution in [0.4, 0.5) is 21.0 Å². The number of hydrogen-bond acceptors (Lipinski definition) is 10. The molecule has 6 rings (SSSR count). The van der Waals surface area contributed by atoms with Gasteiger partial charge in [-0.3, -0.25) is 29.0 Å². The van der Waals surface area contributed by atoms with Gasteiger partial charge in [0.2, 0.25) is 26.0 Å². The Morgan fingerprint density at radius 2 is 1.02 bits per heavy atom. The molecule has 18 heteroatoms. The molecule has 2 aromatic carbocycles. The van der Waals surface area contributed by atoms with Gasteiger partial charge < -0.3 is 0 Å². The molecule has 1 unspecified atom stereocenters. The Labute approximate surface area is 318 Å². The van der Waals surface area contributed by atoms with E-state index in [0.717, 1.165) is 66.5 Å². The van der Waals surface area contributed by atoms with Crippen LogP contribution in [0.5, 0.6) is 0 Å². The highest BCUT2D eigenvalue weighted by molar-refractivity contribution is 7.89. The number of amides is 8. The van der Waals surface area contributed by atoms with Crippen molar-refractivity contribution >= 4 is 67.1 Å². The normalized spacial score (nSPS) is 22.3. The van der Waals surface area contributed by atoms with Crippen LogP contribution in [0.25, 0.3) is 0 Å². The summed E-state index contributed by atoms with van der Waals surface area (Å²) in [4.78, 5) is 85.3. The highest BCUT2D eigenvalue weighted by Gasteiger charge is 2.49. The van der Waals surface area contributed by atoms with Gasteiger partial charge in [-0.1, -0.05) is 87.1 Å². The van der Waals surface area contributed by atoms with Crippen molar-refractivity contribution in [3.05, 3.63) is 84.5 Å². The number of barbiturate groups is 2. The summed E-state index contributed by atoms with van der Waals surface area (Å²) in [5, 5.41) is 10.8. The number of rotatable bonds is 9. The predicted molar refractivity (Wildman–Crippen MR) is 199 cm³/mol. The predicted octanol–water partition coefficient (Wildman–Crippen LogP) is 3.59. The maximum Gasteiger partial charge on any atom is 0.338 e. The van der Waals surface area contributed by atoms with Crippen LogP contribution in [0.2, 0.25) is 0 Å². The Morgan fingerprint density at radius 1 is 0.545 bits per heavy atom. The number of benzene rings is 2. The van der Waals surface area contributed by atoms with Gasteiger partial charge in [-0.15, -0.1) is 0 Å². The quantitative estimate of drug-likeness (QED) is 0.162. The van der Waals surface area contributed by atoms with E-state index >= 15 is 0 Å². The molecule has 2 heterocycles. The highest BCUT2D eigenvalue weighted by atomic mass is 32.2. The lowest BCUT2D eigenvalue weighted by molar-refractivity contribution is -0.141. The SMILES string of the molecule is NS(=O)(=O)c1ccccc1N1C(=O)C(=CC=CC=CC2C(=O)N(c3ccccc3S(N)(=O)=O)C(=O)N(C3CCCCC3)C2=O)C(=O)N(C2CCCCC2)C1=O. The number of sulfonamides is 2. The van der Waals surface area contributed by atoms with Crippen molar-refractivity contribution in [2.75, 3.05) is 9.80 Å². The summed E-state index contributed by atoms with van der Waals surface area (Å²) >= 11 is 0. The topological polar surface area (TPSA) is 236 Å². The van der Waals surface area contributed by atoms with Gasteiger partial charge in [-0.2, -0.15) is 0 Å². The number of urea groups is 2. The molecule has 4 N–H and O–H groups in total. The van der Waals surface area contributed by atoms with E-state index in [1.165, 1.54) is 60.7 Å². The molecule has 2 aliphatic heterocycles. The van der Waals surface area contributed by atoms with Crippen molar-refractivity contribution in [2.45, 2.75) is 86.1 Å². The number of carbonyl (C=O) groups is 6. The molecule has 2 saturated heterocycles. The minimum atomic E-state index is -4.40. The number of anilines is 2. The highest BCUT2D eigenvalue weighted by Crippen LogP contribution is 2.36. The Morgan fingerprint density at radius 3 is 1.55 bits per heavy atom. The van der Waals surface area contributed by atoms with E-state index in [0.29, 0.717) is 35.5 Å². The number of nitrogens with zero attached hydrogens (tertiary/aromatic N) is 4. The third kappa shape index (κ3) is 7.80. The fourth-order valence-electron chi connectivity index (χ4n) is 7.55. The second kappa shape index (κ2) is 15.8. The Kier molecular flexibility index (Phi) is 11.3. The summed E-state index contributed by atoms with van der Waals surface area (Å²) in [6, 6.07) is 7.35. The summed E-state index contributed by atoms with van der Waals surface area (Å²) < 4.78 is 49.8. The lowest BCUT2D eigenvalue weighted by Gasteiger charge is -2.41. The molecular weight excluding hydrogens is 753 g/mol. The first-order valence-corrected chi connectivity index (χ1v) is 20.9. The number of allylic oxidation sites excluding steroid dienone is 4. The molecule has 0 aromatic heterocycles. The maximum atomic E-state index is 13.9. The van der Waals surface area contributed by atoms with Crippen molar-refractivity contribution < 1.29 is 45.6 Å². The van der Waals surface area contributed by atoms with Crippen molar-refractivity contribution in [2.24, 2.45) is 16.2 Å². The van der Waals surface area contributed by atoms with Crippen LogP contribution in [-0.2, 0) is 39.2 Å². The zero-order chi connectivity index (χ0) is 39.7. The number of carbonyl (C=O) groups excluding carboxylic acids is 6. The fourth-order valence-corrected chi connectivity index (χ4v) is 8.99. The first-order valence-electron chi connectivity index (χ1n) is 17.8. The standard InChI is InChI=1S/C37H40N6O10S2/c38-54(50,51)30-22-12-10-20-28(30)42-34(46)26(32(44)40(36(42)48)24-14-4-1-5-15-24)18-8-3-9-19-27-33(45)41(25-16-6-2-7-17-25)37(49)43(35(27)47)29-21-11-13-23-31(29)55(39,52)53/h3,8-13,18-26H,1-2,4-7,14-17H2,(H2,38,50,51)(H2,39,52,53). The van der Waals surface area contributed by atoms with E-state index in [2.05, 4.69) is 0 Å². The van der Waals surface area contributed by atoms with E-state index in [1.807, 2.05) is 0 Å². The minimum absolute atomic E-state index is 0.299. The van der Waals surface area contributed by atoms with Gasteiger partial charge in [-0.25, -0.2) is 46.5 Å². The van der Waals surface area contributed by atoms with E-state index in [4.69, 9.17) is 10.3 Å². The molecular formula is C37H40N6O10S2. The summed E-state index contributed by atoms with van der Waals surface area (Å²) in [6.07, 6.45) is 13.0. The van der Waals surface area contributed by atoms with Crippen molar-refractivity contribution in [3.63, 3.8) is 0 Å².